The number of morpholine rings is 1. The number of ether oxygens (including phenoxy) is 1. The van der Waals surface area contributed by atoms with Gasteiger partial charge in [0, 0.05) is 55.7 Å². The highest BCUT2D eigenvalue weighted by Crippen LogP contribution is 2.46. The SMILES string of the molecule is Cc1c(NC(=O)N2Cc3ccc(F)cc3C2)cccc1-c1cnc(C(N)=O)c2c1-c1ccc(N3CCOCC3)cc1C2. The zero-order chi connectivity index (χ0) is 29.0. The van der Waals surface area contributed by atoms with E-state index in [0.717, 1.165) is 68.8 Å². The van der Waals surface area contributed by atoms with Crippen molar-refractivity contribution < 1.29 is 18.7 Å². The fourth-order valence-corrected chi connectivity index (χ4v) is 6.39. The zero-order valence-corrected chi connectivity index (χ0v) is 23.2. The van der Waals surface area contributed by atoms with Crippen molar-refractivity contribution in [3.8, 4) is 22.3 Å². The normalized spacial score (nSPS) is 15.3. The molecule has 1 fully saturated rings. The number of primary amides is 1. The Morgan fingerprint density at radius 1 is 0.952 bits per heavy atom. The number of nitrogens with one attached hydrogen (secondary N) is 1. The number of carbonyl (C=O) groups excluding carboxylic acids is 2. The van der Waals surface area contributed by atoms with Gasteiger partial charge < -0.3 is 25.6 Å². The summed E-state index contributed by atoms with van der Waals surface area (Å²) in [5.41, 5.74) is 16.2. The smallest absolute Gasteiger partial charge is 0.322 e. The first-order chi connectivity index (χ1) is 20.4. The summed E-state index contributed by atoms with van der Waals surface area (Å²) in [6.07, 6.45) is 2.27. The molecular formula is C33H30FN5O3. The molecule has 4 aromatic rings. The van der Waals surface area contributed by atoms with Gasteiger partial charge in [-0.3, -0.25) is 9.78 Å². The Morgan fingerprint density at radius 3 is 2.57 bits per heavy atom. The van der Waals surface area contributed by atoms with Gasteiger partial charge >= 0.3 is 6.03 Å². The van der Waals surface area contributed by atoms with Crippen LogP contribution < -0.4 is 16.0 Å². The average Bonchev–Trinajstić information content (AvgIpc) is 3.59. The number of nitrogens with zero attached hydrogens (tertiary/aromatic N) is 3. The second-order valence-electron chi connectivity index (χ2n) is 11.0. The minimum atomic E-state index is -0.553. The quantitative estimate of drug-likeness (QED) is 0.311. The van der Waals surface area contributed by atoms with Crippen molar-refractivity contribution in [1.29, 1.82) is 0 Å². The van der Waals surface area contributed by atoms with Crippen LogP contribution in [0.4, 0.5) is 20.6 Å². The number of anilines is 2. The highest BCUT2D eigenvalue weighted by molar-refractivity contribution is 6.01. The van der Waals surface area contributed by atoms with Crippen molar-refractivity contribution in [3.63, 3.8) is 0 Å². The van der Waals surface area contributed by atoms with Crippen LogP contribution in [0.1, 0.15) is 38.3 Å². The Labute approximate surface area is 242 Å². The number of hydrogen-bond donors (Lipinski definition) is 2. The molecule has 0 bridgehead atoms. The molecule has 3 amide bonds. The summed E-state index contributed by atoms with van der Waals surface area (Å²) in [4.78, 5) is 34.2. The lowest BCUT2D eigenvalue weighted by atomic mass is 9.92. The first kappa shape index (κ1) is 26.2. The van der Waals surface area contributed by atoms with E-state index >= 15 is 0 Å². The third kappa shape index (κ3) is 4.46. The third-order valence-electron chi connectivity index (χ3n) is 8.56. The summed E-state index contributed by atoms with van der Waals surface area (Å²) < 4.78 is 19.2. The second kappa shape index (κ2) is 10.3. The van der Waals surface area contributed by atoms with Crippen LogP contribution in [0.3, 0.4) is 0 Å². The first-order valence-electron chi connectivity index (χ1n) is 14.1. The van der Waals surface area contributed by atoms with E-state index in [9.17, 15) is 14.0 Å². The van der Waals surface area contributed by atoms with Crippen molar-refractivity contribution in [3.05, 3.63) is 100 Å². The molecule has 0 unspecified atom stereocenters. The van der Waals surface area contributed by atoms with E-state index in [0.29, 0.717) is 38.4 Å². The molecule has 8 nitrogen and oxygen atoms in total. The number of amides is 3. The van der Waals surface area contributed by atoms with Gasteiger partial charge in [-0.25, -0.2) is 9.18 Å². The van der Waals surface area contributed by atoms with Crippen LogP contribution in [-0.2, 0) is 24.2 Å². The summed E-state index contributed by atoms with van der Waals surface area (Å²) in [5, 5.41) is 3.06. The van der Waals surface area contributed by atoms with Gasteiger partial charge in [-0.1, -0.05) is 24.3 Å². The maximum absolute atomic E-state index is 13.7. The van der Waals surface area contributed by atoms with Crippen LogP contribution in [0.5, 0.6) is 0 Å². The lowest BCUT2D eigenvalue weighted by Gasteiger charge is -2.29. The number of hydrogen-bond acceptors (Lipinski definition) is 5. The maximum atomic E-state index is 13.7. The predicted molar refractivity (Wildman–Crippen MR) is 159 cm³/mol. The molecule has 0 atom stereocenters. The van der Waals surface area contributed by atoms with E-state index in [4.69, 9.17) is 10.5 Å². The van der Waals surface area contributed by atoms with E-state index in [1.165, 1.54) is 12.1 Å². The van der Waals surface area contributed by atoms with Crippen LogP contribution in [0.15, 0.2) is 60.8 Å². The standard InChI is InChI=1S/C33H30FN5O3/c1-19-25(3-2-4-29(19)37-33(41)39-17-20-5-6-23(34)13-22(20)18-39)28-16-36-31(32(35)40)27-15-21-14-24(7-8-26(21)30(27)28)38-9-11-42-12-10-38/h2-8,13-14,16H,9-12,15,17-18H2,1H3,(H2,35,40)(H,37,41). The summed E-state index contributed by atoms with van der Waals surface area (Å²) >= 11 is 0. The van der Waals surface area contributed by atoms with E-state index in [1.54, 1.807) is 17.2 Å². The Balaban J connectivity index is 1.23. The van der Waals surface area contributed by atoms with E-state index < -0.39 is 5.91 Å². The molecule has 1 aromatic heterocycles. The predicted octanol–water partition coefficient (Wildman–Crippen LogP) is 5.25. The van der Waals surface area contributed by atoms with Gasteiger partial charge in [-0.15, -0.1) is 0 Å². The molecule has 3 aliphatic rings. The van der Waals surface area contributed by atoms with E-state index in [2.05, 4.69) is 33.4 Å². The molecule has 0 spiro atoms. The van der Waals surface area contributed by atoms with Gasteiger partial charge in [-0.2, -0.15) is 0 Å². The monoisotopic (exact) mass is 563 g/mol. The summed E-state index contributed by atoms with van der Waals surface area (Å²) in [6, 6.07) is 16.6. The molecule has 1 aliphatic carbocycles. The molecule has 1 saturated heterocycles. The summed E-state index contributed by atoms with van der Waals surface area (Å²) in [7, 11) is 0. The zero-order valence-electron chi connectivity index (χ0n) is 23.2. The lowest BCUT2D eigenvalue weighted by molar-refractivity contribution is 0.0995. The molecule has 9 heteroatoms. The fourth-order valence-electron chi connectivity index (χ4n) is 6.39. The number of aromatic nitrogens is 1. The maximum Gasteiger partial charge on any atom is 0.322 e. The fraction of sp³-hybridized carbons (Fsp3) is 0.242. The van der Waals surface area contributed by atoms with E-state index in [-0.39, 0.29) is 17.5 Å². The molecule has 3 aromatic carbocycles. The van der Waals surface area contributed by atoms with Crippen molar-refractivity contribution in [2.24, 2.45) is 5.73 Å². The molecular weight excluding hydrogens is 533 g/mol. The van der Waals surface area contributed by atoms with Crippen molar-refractivity contribution >= 4 is 23.3 Å². The Morgan fingerprint density at radius 2 is 1.76 bits per heavy atom. The average molecular weight is 564 g/mol. The molecule has 212 valence electrons. The van der Waals surface area contributed by atoms with Crippen LogP contribution in [-0.4, -0.2) is 48.1 Å². The highest BCUT2D eigenvalue weighted by Gasteiger charge is 2.30. The minimum Gasteiger partial charge on any atom is -0.378 e. The number of benzene rings is 3. The third-order valence-corrected chi connectivity index (χ3v) is 8.56. The topological polar surface area (TPSA) is 101 Å². The largest absolute Gasteiger partial charge is 0.378 e. The Bertz CT molecular complexity index is 1770. The second-order valence-corrected chi connectivity index (χ2v) is 11.0. The molecule has 3 N–H and O–H groups in total. The van der Waals surface area contributed by atoms with Crippen LogP contribution in [0, 0.1) is 12.7 Å². The summed E-state index contributed by atoms with van der Waals surface area (Å²) in [6.45, 7) is 5.82. The van der Waals surface area contributed by atoms with Gasteiger partial charge in [0.1, 0.15) is 11.5 Å². The number of urea groups is 1. The van der Waals surface area contributed by atoms with Gasteiger partial charge in [0.05, 0.1) is 13.2 Å². The number of nitrogens with two attached hydrogens (primary N) is 1. The molecule has 3 heterocycles. The van der Waals surface area contributed by atoms with Crippen LogP contribution >= 0.6 is 0 Å². The number of fused-ring (bicyclic) bond motifs is 4. The number of rotatable bonds is 4. The molecule has 7 rings (SSSR count). The number of halogens is 1. The highest BCUT2D eigenvalue weighted by atomic mass is 19.1. The van der Waals surface area contributed by atoms with Crippen molar-refractivity contribution in [2.75, 3.05) is 36.5 Å². The van der Waals surface area contributed by atoms with Crippen LogP contribution in [0.25, 0.3) is 22.3 Å². The van der Waals surface area contributed by atoms with Gasteiger partial charge in [-0.05, 0) is 81.8 Å². The van der Waals surface area contributed by atoms with Crippen molar-refractivity contribution in [2.45, 2.75) is 26.4 Å². The van der Waals surface area contributed by atoms with Gasteiger partial charge in [0.2, 0.25) is 0 Å². The Kier molecular flexibility index (Phi) is 6.39. The summed E-state index contributed by atoms with van der Waals surface area (Å²) in [5.74, 6) is -0.856. The first-order valence-corrected chi connectivity index (χ1v) is 14.1. The Hall–Kier alpha value is -4.76. The van der Waals surface area contributed by atoms with Crippen LogP contribution in [0.2, 0.25) is 0 Å². The van der Waals surface area contributed by atoms with Gasteiger partial charge in [0.15, 0.2) is 0 Å². The molecule has 2 aliphatic heterocycles. The number of pyridine rings is 1. The lowest BCUT2D eigenvalue weighted by Crippen LogP contribution is -2.36. The minimum absolute atomic E-state index is 0.250. The molecule has 42 heavy (non-hydrogen) atoms. The van der Waals surface area contributed by atoms with Gasteiger partial charge in [0.25, 0.3) is 5.91 Å². The number of carbonyl (C=O) groups is 2. The molecule has 0 radical (unpaired) electrons. The molecule has 0 saturated carbocycles. The van der Waals surface area contributed by atoms with Crippen molar-refractivity contribution in [1.82, 2.24) is 9.88 Å². The van der Waals surface area contributed by atoms with E-state index in [1.807, 2.05) is 25.1 Å².